The molecule has 20 heavy (non-hydrogen) atoms. The second kappa shape index (κ2) is 7.05. The van der Waals surface area contributed by atoms with Crippen LogP contribution in [0.25, 0.3) is 0 Å². The third-order valence-corrected chi connectivity index (χ3v) is 4.06. The highest BCUT2D eigenvalue weighted by Gasteiger charge is 2.13. The topological polar surface area (TPSA) is 0 Å². The highest BCUT2D eigenvalue weighted by Crippen LogP contribution is 2.24. The van der Waals surface area contributed by atoms with Gasteiger partial charge < -0.3 is 0 Å². The number of rotatable bonds is 5. The maximum absolute atomic E-state index is 13.4. The molecule has 0 amide bonds. The molecule has 2 rings (SSSR count). The quantitative estimate of drug-likeness (QED) is 0.660. The molecule has 0 bridgehead atoms. The van der Waals surface area contributed by atoms with Gasteiger partial charge in [0.1, 0.15) is 11.6 Å². The fourth-order valence-corrected chi connectivity index (χ4v) is 2.57. The summed E-state index contributed by atoms with van der Waals surface area (Å²) in [5.41, 5.74) is 1.75. The summed E-state index contributed by atoms with van der Waals surface area (Å²) >= 11 is 11.9. The predicted molar refractivity (Wildman–Crippen MR) is 79.4 cm³/mol. The maximum Gasteiger partial charge on any atom is 0.142 e. The molecule has 1 unspecified atom stereocenters. The molecular weight excluding hydrogens is 301 g/mol. The van der Waals surface area contributed by atoms with E-state index in [0.717, 1.165) is 11.1 Å². The SMILES string of the molecule is Fc1ccc(CC(CCl)Cc2cccc(F)c2Cl)cc1. The average Bonchev–Trinajstić information content (AvgIpc) is 2.45. The van der Waals surface area contributed by atoms with Crippen LogP contribution in [0.4, 0.5) is 8.78 Å². The molecule has 0 saturated carbocycles. The second-order valence-corrected chi connectivity index (χ2v) is 5.45. The van der Waals surface area contributed by atoms with E-state index < -0.39 is 5.82 Å². The van der Waals surface area contributed by atoms with E-state index in [9.17, 15) is 8.78 Å². The zero-order valence-electron chi connectivity index (χ0n) is 10.8. The Morgan fingerprint density at radius 1 is 0.950 bits per heavy atom. The highest BCUT2D eigenvalue weighted by atomic mass is 35.5. The van der Waals surface area contributed by atoms with Crippen LogP contribution in [0.1, 0.15) is 11.1 Å². The summed E-state index contributed by atoms with van der Waals surface area (Å²) in [6, 6.07) is 11.1. The Balaban J connectivity index is 2.09. The number of hydrogen-bond acceptors (Lipinski definition) is 0. The first-order valence-electron chi connectivity index (χ1n) is 6.33. The van der Waals surface area contributed by atoms with Crippen molar-refractivity contribution in [3.05, 3.63) is 70.2 Å². The minimum absolute atomic E-state index is 0.126. The van der Waals surface area contributed by atoms with Crippen molar-refractivity contribution >= 4 is 23.2 Å². The van der Waals surface area contributed by atoms with E-state index in [1.807, 2.05) is 0 Å². The Morgan fingerprint density at radius 3 is 2.30 bits per heavy atom. The van der Waals surface area contributed by atoms with Crippen LogP contribution >= 0.6 is 23.2 Å². The van der Waals surface area contributed by atoms with Gasteiger partial charge in [0, 0.05) is 5.88 Å². The van der Waals surface area contributed by atoms with Crippen LogP contribution in [0.15, 0.2) is 42.5 Å². The van der Waals surface area contributed by atoms with Crippen LogP contribution in [0.2, 0.25) is 5.02 Å². The molecule has 0 aliphatic rings. The van der Waals surface area contributed by atoms with Crippen molar-refractivity contribution in [1.82, 2.24) is 0 Å². The first-order valence-corrected chi connectivity index (χ1v) is 7.24. The Morgan fingerprint density at radius 2 is 1.65 bits per heavy atom. The van der Waals surface area contributed by atoms with Crippen molar-refractivity contribution in [2.24, 2.45) is 5.92 Å². The van der Waals surface area contributed by atoms with E-state index in [0.29, 0.717) is 18.7 Å². The molecule has 2 aromatic rings. The molecule has 0 N–H and O–H groups in total. The molecule has 0 saturated heterocycles. The van der Waals surface area contributed by atoms with Gasteiger partial charge in [-0.05, 0) is 48.1 Å². The molecule has 0 aromatic heterocycles. The smallest absolute Gasteiger partial charge is 0.142 e. The molecule has 0 radical (unpaired) electrons. The van der Waals surface area contributed by atoms with Crippen LogP contribution in [-0.4, -0.2) is 5.88 Å². The molecule has 1 atom stereocenters. The lowest BCUT2D eigenvalue weighted by molar-refractivity contribution is 0.574. The molecule has 0 heterocycles. The molecule has 106 valence electrons. The predicted octanol–water partition coefficient (Wildman–Crippen LogP) is 5.26. The lowest BCUT2D eigenvalue weighted by Crippen LogP contribution is -2.11. The summed E-state index contributed by atoms with van der Waals surface area (Å²) in [4.78, 5) is 0. The van der Waals surface area contributed by atoms with Crippen molar-refractivity contribution in [1.29, 1.82) is 0 Å². The first kappa shape index (κ1) is 15.3. The van der Waals surface area contributed by atoms with E-state index in [2.05, 4.69) is 0 Å². The molecule has 2 aromatic carbocycles. The molecule has 0 fully saturated rings. The molecule has 0 aliphatic heterocycles. The van der Waals surface area contributed by atoms with E-state index in [4.69, 9.17) is 23.2 Å². The molecule has 0 aliphatic carbocycles. The Labute approximate surface area is 127 Å². The lowest BCUT2D eigenvalue weighted by Gasteiger charge is -2.15. The van der Waals surface area contributed by atoms with Gasteiger partial charge >= 0.3 is 0 Å². The number of alkyl halides is 1. The lowest BCUT2D eigenvalue weighted by atomic mass is 9.94. The van der Waals surface area contributed by atoms with Gasteiger partial charge in [-0.3, -0.25) is 0 Å². The second-order valence-electron chi connectivity index (χ2n) is 4.77. The van der Waals surface area contributed by atoms with Gasteiger partial charge in [-0.15, -0.1) is 11.6 Å². The van der Waals surface area contributed by atoms with Crippen LogP contribution in [0.3, 0.4) is 0 Å². The van der Waals surface area contributed by atoms with Crippen LogP contribution in [-0.2, 0) is 12.8 Å². The standard InChI is InChI=1S/C16H14Cl2F2/c17-10-12(8-11-4-6-14(19)7-5-11)9-13-2-1-3-15(20)16(13)18/h1-7,12H,8-10H2. The van der Waals surface area contributed by atoms with Crippen molar-refractivity contribution in [3.63, 3.8) is 0 Å². The molecule has 0 nitrogen and oxygen atoms in total. The van der Waals surface area contributed by atoms with Gasteiger partial charge in [-0.1, -0.05) is 35.9 Å². The zero-order valence-corrected chi connectivity index (χ0v) is 12.3. The highest BCUT2D eigenvalue weighted by molar-refractivity contribution is 6.31. The van der Waals surface area contributed by atoms with E-state index in [1.54, 1.807) is 24.3 Å². The van der Waals surface area contributed by atoms with Crippen molar-refractivity contribution in [3.8, 4) is 0 Å². The van der Waals surface area contributed by atoms with Crippen molar-refractivity contribution < 1.29 is 8.78 Å². The fraction of sp³-hybridized carbons (Fsp3) is 0.250. The normalized spacial score (nSPS) is 12.4. The number of halogens is 4. The number of hydrogen-bond donors (Lipinski definition) is 0. The van der Waals surface area contributed by atoms with Crippen LogP contribution in [0, 0.1) is 17.6 Å². The Kier molecular flexibility index (Phi) is 5.38. The maximum atomic E-state index is 13.4. The van der Waals surface area contributed by atoms with Gasteiger partial charge in [0.05, 0.1) is 5.02 Å². The third kappa shape index (κ3) is 3.94. The third-order valence-electron chi connectivity index (χ3n) is 3.20. The first-order chi connectivity index (χ1) is 9.60. The van der Waals surface area contributed by atoms with E-state index >= 15 is 0 Å². The van der Waals surface area contributed by atoms with Gasteiger partial charge in [-0.2, -0.15) is 0 Å². The zero-order chi connectivity index (χ0) is 14.5. The summed E-state index contributed by atoms with van der Waals surface area (Å²) in [7, 11) is 0. The van der Waals surface area contributed by atoms with Crippen molar-refractivity contribution in [2.75, 3.05) is 5.88 Å². The summed E-state index contributed by atoms with van der Waals surface area (Å²) < 4.78 is 26.3. The molecular formula is C16H14Cl2F2. The van der Waals surface area contributed by atoms with Gasteiger partial charge in [0.15, 0.2) is 0 Å². The van der Waals surface area contributed by atoms with E-state index in [1.165, 1.54) is 18.2 Å². The van der Waals surface area contributed by atoms with Crippen molar-refractivity contribution in [2.45, 2.75) is 12.8 Å². The van der Waals surface area contributed by atoms with Gasteiger partial charge in [0.2, 0.25) is 0 Å². The van der Waals surface area contributed by atoms with Gasteiger partial charge in [-0.25, -0.2) is 8.78 Å². The fourth-order valence-electron chi connectivity index (χ4n) is 2.15. The largest absolute Gasteiger partial charge is 0.207 e. The summed E-state index contributed by atoms with van der Waals surface area (Å²) in [6.07, 6.45) is 1.30. The van der Waals surface area contributed by atoms with Crippen LogP contribution < -0.4 is 0 Å². The molecule has 0 spiro atoms. The average molecular weight is 315 g/mol. The van der Waals surface area contributed by atoms with E-state index in [-0.39, 0.29) is 16.8 Å². The summed E-state index contributed by atoms with van der Waals surface area (Å²) in [6.45, 7) is 0. The summed E-state index contributed by atoms with van der Waals surface area (Å²) in [5, 5.41) is 0.154. The Hall–Kier alpha value is -1.12. The summed E-state index contributed by atoms with van der Waals surface area (Å²) in [5.74, 6) is -0.116. The van der Waals surface area contributed by atoms with Gasteiger partial charge in [0.25, 0.3) is 0 Å². The Bertz CT molecular complexity index is 567. The minimum Gasteiger partial charge on any atom is -0.207 e. The van der Waals surface area contributed by atoms with Crippen LogP contribution in [0.5, 0.6) is 0 Å². The minimum atomic E-state index is -0.417. The monoisotopic (exact) mass is 314 g/mol. The molecule has 4 heteroatoms. The number of benzene rings is 2.